The van der Waals surface area contributed by atoms with Crippen LogP contribution in [0, 0.1) is 5.92 Å². The second-order valence-corrected chi connectivity index (χ2v) is 8.54. The fraction of sp³-hybridized carbons (Fsp3) is 0.333. The molecule has 3 rings (SSSR count). The van der Waals surface area contributed by atoms with Crippen LogP contribution >= 0.6 is 23.4 Å². The number of aromatic nitrogens is 3. The van der Waals surface area contributed by atoms with Crippen LogP contribution in [0.25, 0.3) is 11.4 Å². The molecule has 0 unspecified atom stereocenters. The fourth-order valence-electron chi connectivity index (χ4n) is 2.89. The lowest BCUT2D eigenvalue weighted by molar-refractivity contribution is 0.415. The minimum absolute atomic E-state index is 0.178. The first-order valence-corrected chi connectivity index (χ1v) is 10.2. The predicted molar refractivity (Wildman–Crippen MR) is 113 cm³/mol. The van der Waals surface area contributed by atoms with E-state index in [1.165, 1.54) is 0 Å². The van der Waals surface area contributed by atoms with Gasteiger partial charge in [-0.15, -0.1) is 10.2 Å². The van der Waals surface area contributed by atoms with Gasteiger partial charge >= 0.3 is 0 Å². The Morgan fingerprint density at radius 2 is 1.74 bits per heavy atom. The third-order valence-electron chi connectivity index (χ3n) is 4.24. The number of benzene rings is 2. The number of hydrogen-bond donors (Lipinski definition) is 0. The number of thioether (sulfide) groups is 1. The number of rotatable bonds is 7. The van der Waals surface area contributed by atoms with Crippen molar-refractivity contribution in [3.8, 4) is 17.1 Å². The maximum Gasteiger partial charge on any atom is 0.192 e. The summed E-state index contributed by atoms with van der Waals surface area (Å²) in [7, 11) is 1.67. The topological polar surface area (TPSA) is 39.9 Å². The summed E-state index contributed by atoms with van der Waals surface area (Å²) in [6, 6.07) is 15.9. The summed E-state index contributed by atoms with van der Waals surface area (Å²) in [6.07, 6.45) is 0. The number of halogens is 1. The molecule has 0 spiro atoms. The van der Waals surface area contributed by atoms with Gasteiger partial charge in [-0.1, -0.05) is 55.4 Å². The number of ether oxygens (including phenoxy) is 1. The molecule has 1 aromatic heterocycles. The molecule has 0 aliphatic carbocycles. The van der Waals surface area contributed by atoms with Crippen molar-refractivity contribution in [1.29, 1.82) is 0 Å². The minimum atomic E-state index is 0.178. The van der Waals surface area contributed by atoms with E-state index in [2.05, 4.69) is 41.6 Å². The molecule has 0 fully saturated rings. The van der Waals surface area contributed by atoms with Crippen molar-refractivity contribution in [3.63, 3.8) is 0 Å². The van der Waals surface area contributed by atoms with E-state index in [1.54, 1.807) is 18.9 Å². The van der Waals surface area contributed by atoms with Crippen molar-refractivity contribution in [2.24, 2.45) is 5.92 Å². The minimum Gasteiger partial charge on any atom is -0.497 e. The Labute approximate surface area is 169 Å². The first-order valence-electron chi connectivity index (χ1n) is 8.98. The molecule has 4 nitrogen and oxygen atoms in total. The lowest BCUT2D eigenvalue weighted by Crippen LogP contribution is -2.08. The molecule has 2 aromatic carbocycles. The number of methoxy groups -OCH3 is 1. The number of hydrogen-bond acceptors (Lipinski definition) is 4. The Bertz CT molecular complexity index is 893. The molecule has 27 heavy (non-hydrogen) atoms. The van der Waals surface area contributed by atoms with Gasteiger partial charge in [-0.05, 0) is 48.7 Å². The monoisotopic (exact) mass is 401 g/mol. The summed E-state index contributed by atoms with van der Waals surface area (Å²) >= 11 is 8.05. The normalized spacial score (nSPS) is 12.4. The summed E-state index contributed by atoms with van der Waals surface area (Å²) in [5, 5.41) is 10.8. The van der Waals surface area contributed by atoms with E-state index in [1.807, 2.05) is 42.5 Å². The Balaban J connectivity index is 1.93. The van der Waals surface area contributed by atoms with Gasteiger partial charge in [0.15, 0.2) is 11.0 Å². The lowest BCUT2D eigenvalue weighted by Gasteiger charge is -2.16. The van der Waals surface area contributed by atoms with E-state index in [-0.39, 0.29) is 5.25 Å². The van der Waals surface area contributed by atoms with Gasteiger partial charge in [-0.2, -0.15) is 0 Å². The van der Waals surface area contributed by atoms with Gasteiger partial charge < -0.3 is 9.30 Å². The highest BCUT2D eigenvalue weighted by atomic mass is 35.5. The second-order valence-electron chi connectivity index (χ2n) is 6.82. The maximum atomic E-state index is 6.37. The lowest BCUT2D eigenvalue weighted by atomic mass is 10.2. The van der Waals surface area contributed by atoms with Gasteiger partial charge in [0, 0.05) is 22.4 Å². The van der Waals surface area contributed by atoms with Crippen LogP contribution in [-0.4, -0.2) is 21.9 Å². The van der Waals surface area contributed by atoms with Gasteiger partial charge in [0.05, 0.1) is 7.11 Å². The molecular weight excluding hydrogens is 378 g/mol. The molecule has 0 radical (unpaired) electrons. The van der Waals surface area contributed by atoms with E-state index >= 15 is 0 Å². The zero-order chi connectivity index (χ0) is 19.4. The van der Waals surface area contributed by atoms with Crippen molar-refractivity contribution in [2.75, 3.05) is 7.11 Å². The largest absolute Gasteiger partial charge is 0.497 e. The summed E-state index contributed by atoms with van der Waals surface area (Å²) in [4.78, 5) is 0. The molecule has 1 atom stereocenters. The van der Waals surface area contributed by atoms with Crippen molar-refractivity contribution < 1.29 is 4.74 Å². The van der Waals surface area contributed by atoms with E-state index in [4.69, 9.17) is 16.3 Å². The first kappa shape index (κ1) is 19.8. The van der Waals surface area contributed by atoms with Crippen LogP contribution < -0.4 is 4.74 Å². The van der Waals surface area contributed by atoms with Gasteiger partial charge in [0.2, 0.25) is 0 Å². The zero-order valence-electron chi connectivity index (χ0n) is 16.0. The SMILES string of the molecule is COc1ccc(-c2nnc(S[C@@H](C)c3ccccc3Cl)n2CC(C)C)cc1. The molecule has 6 heteroatoms. The van der Waals surface area contributed by atoms with Gasteiger partial charge in [0.25, 0.3) is 0 Å². The number of nitrogens with zero attached hydrogens (tertiary/aromatic N) is 3. The van der Waals surface area contributed by atoms with Crippen LogP contribution in [0.1, 0.15) is 31.6 Å². The van der Waals surface area contributed by atoms with Gasteiger partial charge in [-0.25, -0.2) is 0 Å². The highest BCUT2D eigenvalue weighted by molar-refractivity contribution is 7.99. The van der Waals surface area contributed by atoms with E-state index < -0.39 is 0 Å². The highest BCUT2D eigenvalue weighted by Crippen LogP contribution is 2.38. The Morgan fingerprint density at radius 1 is 1.04 bits per heavy atom. The molecule has 3 aromatic rings. The predicted octanol–water partition coefficient (Wildman–Crippen LogP) is 6.12. The van der Waals surface area contributed by atoms with Gasteiger partial charge in [0.1, 0.15) is 5.75 Å². The van der Waals surface area contributed by atoms with Crippen LogP contribution in [0.4, 0.5) is 0 Å². The molecular formula is C21H24ClN3OS. The first-order chi connectivity index (χ1) is 13.0. The van der Waals surface area contributed by atoms with Crippen molar-refractivity contribution >= 4 is 23.4 Å². The van der Waals surface area contributed by atoms with Crippen LogP contribution in [0.15, 0.2) is 53.7 Å². The van der Waals surface area contributed by atoms with Crippen LogP contribution in [-0.2, 0) is 6.54 Å². The Morgan fingerprint density at radius 3 is 2.37 bits per heavy atom. The Hall–Kier alpha value is -1.98. The van der Waals surface area contributed by atoms with Crippen LogP contribution in [0.5, 0.6) is 5.75 Å². The molecule has 0 amide bonds. The van der Waals surface area contributed by atoms with Crippen molar-refractivity contribution in [2.45, 2.75) is 37.7 Å². The summed E-state index contributed by atoms with van der Waals surface area (Å²) in [5.74, 6) is 2.18. The van der Waals surface area contributed by atoms with Crippen LogP contribution in [0.3, 0.4) is 0 Å². The zero-order valence-corrected chi connectivity index (χ0v) is 17.6. The summed E-state index contributed by atoms with van der Waals surface area (Å²) < 4.78 is 7.46. The van der Waals surface area contributed by atoms with Gasteiger partial charge in [-0.3, -0.25) is 0 Å². The quantitative estimate of drug-likeness (QED) is 0.447. The molecule has 0 saturated carbocycles. The van der Waals surface area contributed by atoms with E-state index in [0.29, 0.717) is 5.92 Å². The van der Waals surface area contributed by atoms with E-state index in [0.717, 1.165) is 39.4 Å². The molecule has 0 saturated heterocycles. The maximum absolute atomic E-state index is 6.37. The molecule has 0 aliphatic heterocycles. The molecule has 0 bridgehead atoms. The summed E-state index contributed by atoms with van der Waals surface area (Å²) in [6.45, 7) is 7.40. The van der Waals surface area contributed by atoms with Crippen molar-refractivity contribution in [3.05, 3.63) is 59.1 Å². The average Bonchev–Trinajstić information content (AvgIpc) is 3.03. The second kappa shape index (κ2) is 8.81. The molecule has 0 aliphatic rings. The van der Waals surface area contributed by atoms with Crippen molar-refractivity contribution in [1.82, 2.24) is 14.8 Å². The molecule has 0 N–H and O–H groups in total. The van der Waals surface area contributed by atoms with Crippen LogP contribution in [0.2, 0.25) is 5.02 Å². The average molecular weight is 402 g/mol. The third-order valence-corrected chi connectivity index (χ3v) is 5.70. The fourth-order valence-corrected chi connectivity index (χ4v) is 4.27. The standard InChI is InChI=1S/C21H24ClN3OS/c1-14(2)13-25-20(16-9-11-17(26-4)12-10-16)23-24-21(25)27-15(3)18-7-5-6-8-19(18)22/h5-12,14-15H,13H2,1-4H3/t15-/m0/s1. The smallest absolute Gasteiger partial charge is 0.192 e. The van der Waals surface area contributed by atoms with E-state index in [9.17, 15) is 0 Å². The highest BCUT2D eigenvalue weighted by Gasteiger charge is 2.19. The Kier molecular flexibility index (Phi) is 6.45. The molecule has 1 heterocycles. The third kappa shape index (κ3) is 4.66. The summed E-state index contributed by atoms with van der Waals surface area (Å²) in [5.41, 5.74) is 2.13. The molecule has 142 valence electrons.